The fourth-order valence-electron chi connectivity index (χ4n) is 6.52. The molecular formula is C31H36ClF3N4O5. The van der Waals surface area contributed by atoms with Crippen molar-refractivity contribution in [1.82, 2.24) is 20.4 Å². The van der Waals surface area contributed by atoms with E-state index in [1.165, 1.54) is 19.2 Å². The van der Waals surface area contributed by atoms with Crippen LogP contribution in [0.1, 0.15) is 55.2 Å². The molecule has 0 spiro atoms. The van der Waals surface area contributed by atoms with Crippen LogP contribution in [-0.4, -0.2) is 73.8 Å². The average Bonchev–Trinajstić information content (AvgIpc) is 3.46. The van der Waals surface area contributed by atoms with Gasteiger partial charge in [0.15, 0.2) is 11.6 Å². The minimum atomic E-state index is -1.40. The van der Waals surface area contributed by atoms with E-state index in [2.05, 4.69) is 15.5 Å². The van der Waals surface area contributed by atoms with Gasteiger partial charge >= 0.3 is 18.0 Å². The lowest BCUT2D eigenvalue weighted by molar-refractivity contribution is -0.137. The second kappa shape index (κ2) is 14.4. The number of imide groups is 1. The van der Waals surface area contributed by atoms with Gasteiger partial charge in [-0.1, -0.05) is 24.3 Å². The molecule has 0 bridgehead atoms. The quantitative estimate of drug-likeness (QED) is 0.407. The van der Waals surface area contributed by atoms with Gasteiger partial charge in [-0.2, -0.15) is 0 Å². The normalized spacial score (nSPS) is 24.0. The fraction of sp³-hybridized carbons (Fsp3) is 0.452. The summed E-state index contributed by atoms with van der Waals surface area (Å²) in [4.78, 5) is 43.0. The summed E-state index contributed by atoms with van der Waals surface area (Å²) < 4.78 is 52.5. The van der Waals surface area contributed by atoms with E-state index in [1.807, 2.05) is 12.1 Å². The van der Waals surface area contributed by atoms with Gasteiger partial charge in [-0.05, 0) is 67.3 Å². The van der Waals surface area contributed by atoms with Crippen molar-refractivity contribution in [3.63, 3.8) is 0 Å². The minimum absolute atomic E-state index is 0. The number of ether oxygens (including phenoxy) is 2. The highest BCUT2D eigenvalue weighted by Gasteiger charge is 2.44. The summed E-state index contributed by atoms with van der Waals surface area (Å²) in [5, 5.41) is 5.42. The Hall–Kier alpha value is -3.61. The first-order chi connectivity index (χ1) is 20.7. The number of rotatable bonds is 7. The molecule has 238 valence electrons. The first kappa shape index (κ1) is 33.3. The second-order valence-corrected chi connectivity index (χ2v) is 11.2. The molecule has 1 saturated heterocycles. The number of carbonyl (C=O) groups excluding carboxylic acids is 3. The summed E-state index contributed by atoms with van der Waals surface area (Å²) in [6.07, 6.45) is 4.19. The summed E-state index contributed by atoms with van der Waals surface area (Å²) in [6, 6.07) is 6.80. The second-order valence-electron chi connectivity index (χ2n) is 11.2. The van der Waals surface area contributed by atoms with Crippen LogP contribution in [0, 0.1) is 17.5 Å². The van der Waals surface area contributed by atoms with Gasteiger partial charge in [0.05, 0.1) is 25.0 Å². The van der Waals surface area contributed by atoms with E-state index in [4.69, 9.17) is 9.47 Å². The van der Waals surface area contributed by atoms with Crippen LogP contribution in [0.5, 0.6) is 0 Å². The molecule has 2 aliphatic heterocycles. The lowest BCUT2D eigenvalue weighted by atomic mass is 9.81. The minimum Gasteiger partial charge on any atom is -0.466 e. The van der Waals surface area contributed by atoms with Crippen LogP contribution in [0.25, 0.3) is 0 Å². The molecule has 3 aliphatic rings. The van der Waals surface area contributed by atoms with Gasteiger partial charge in [-0.25, -0.2) is 32.5 Å². The number of urea groups is 2. The molecule has 2 N–H and O–H groups in total. The maximum atomic E-state index is 14.3. The molecule has 44 heavy (non-hydrogen) atoms. The van der Waals surface area contributed by atoms with Crippen molar-refractivity contribution in [3.8, 4) is 0 Å². The van der Waals surface area contributed by atoms with Gasteiger partial charge in [0, 0.05) is 32.3 Å². The largest absolute Gasteiger partial charge is 0.466 e. The molecule has 0 aromatic heterocycles. The van der Waals surface area contributed by atoms with Crippen molar-refractivity contribution in [2.75, 3.05) is 33.9 Å². The van der Waals surface area contributed by atoms with Gasteiger partial charge in [0.1, 0.15) is 11.9 Å². The van der Waals surface area contributed by atoms with Crippen molar-refractivity contribution >= 4 is 30.4 Å². The molecule has 4 amide bonds. The summed E-state index contributed by atoms with van der Waals surface area (Å²) in [6.45, 7) is 1.10. The molecule has 5 rings (SSSR count). The van der Waals surface area contributed by atoms with E-state index in [0.717, 1.165) is 61.9 Å². The third-order valence-corrected chi connectivity index (χ3v) is 8.61. The summed E-state index contributed by atoms with van der Waals surface area (Å²) >= 11 is 0. The smallest absolute Gasteiger partial charge is 0.338 e. The Morgan fingerprint density at radius 2 is 1.70 bits per heavy atom. The summed E-state index contributed by atoms with van der Waals surface area (Å²) in [5.41, 5.74) is 0.690. The molecule has 0 unspecified atom stereocenters. The Labute approximate surface area is 260 Å². The highest BCUT2D eigenvalue weighted by atomic mass is 35.5. The molecule has 2 aromatic rings. The number of nitrogens with zero attached hydrogens (tertiary/aromatic N) is 2. The van der Waals surface area contributed by atoms with Crippen molar-refractivity contribution in [2.45, 2.75) is 56.1 Å². The number of hydrogen-bond donors (Lipinski definition) is 2. The maximum absolute atomic E-state index is 14.3. The van der Waals surface area contributed by atoms with Crippen LogP contribution in [0.15, 0.2) is 53.7 Å². The Morgan fingerprint density at radius 1 is 0.977 bits per heavy atom. The van der Waals surface area contributed by atoms with Crippen molar-refractivity contribution < 1.29 is 37.0 Å². The van der Waals surface area contributed by atoms with Crippen LogP contribution in [0.4, 0.5) is 22.8 Å². The van der Waals surface area contributed by atoms with E-state index in [1.54, 1.807) is 6.07 Å². The van der Waals surface area contributed by atoms with Crippen molar-refractivity contribution in [2.24, 2.45) is 0 Å². The first-order valence-corrected chi connectivity index (χ1v) is 14.4. The van der Waals surface area contributed by atoms with Crippen LogP contribution in [0.3, 0.4) is 0 Å². The zero-order valence-corrected chi connectivity index (χ0v) is 25.3. The molecule has 13 heteroatoms. The molecule has 9 nitrogen and oxygen atoms in total. The molecule has 1 aliphatic carbocycles. The molecule has 1 saturated carbocycles. The number of carbonyl (C=O) groups is 3. The van der Waals surface area contributed by atoms with E-state index in [-0.39, 0.29) is 53.6 Å². The van der Waals surface area contributed by atoms with Crippen LogP contribution in [0.2, 0.25) is 0 Å². The van der Waals surface area contributed by atoms with E-state index in [0.29, 0.717) is 19.0 Å². The number of hydrogen-bond acceptors (Lipinski definition) is 6. The standard InChI is InChI=1S/C31H35F3N4O5.ClH/c1-42-17-26-27(29(39)43-2)28(19-9-12-24(33)25(34)15-19)38(31(41)36-26)30(40)35-20-13-14-37(16-20)21-10-7-18(8-11-21)22-5-3-4-6-23(22)32;/h3-6,9,12,15,18,20-21,28H,7-8,10-11,13-14,16-17H2,1-2H3,(H,35,40)(H,36,41);1H/t18?,20-,21?,28+;/m1./s1. The molecule has 0 radical (unpaired) electrons. The molecular weight excluding hydrogens is 601 g/mol. The summed E-state index contributed by atoms with van der Waals surface area (Å²) in [5.74, 6) is -3.16. The van der Waals surface area contributed by atoms with Crippen molar-refractivity contribution in [1.29, 1.82) is 0 Å². The average molecular weight is 637 g/mol. The third-order valence-electron chi connectivity index (χ3n) is 8.61. The Morgan fingerprint density at radius 3 is 2.36 bits per heavy atom. The van der Waals surface area contributed by atoms with Crippen LogP contribution in [-0.2, 0) is 14.3 Å². The van der Waals surface area contributed by atoms with Gasteiger partial charge in [-0.15, -0.1) is 12.4 Å². The zero-order valence-electron chi connectivity index (χ0n) is 24.5. The Kier molecular flexibility index (Phi) is 10.9. The topological polar surface area (TPSA) is 100 Å². The van der Waals surface area contributed by atoms with E-state index >= 15 is 0 Å². The lowest BCUT2D eigenvalue weighted by Crippen LogP contribution is -2.56. The highest BCUT2D eigenvalue weighted by molar-refractivity contribution is 6.01. The Balaban J connectivity index is 0.00000442. The number of benzene rings is 2. The fourth-order valence-corrected chi connectivity index (χ4v) is 6.52. The lowest BCUT2D eigenvalue weighted by Gasteiger charge is -2.37. The van der Waals surface area contributed by atoms with Crippen molar-refractivity contribution in [3.05, 3.63) is 82.3 Å². The number of likely N-dealkylation sites (tertiary alicyclic amines) is 1. The van der Waals surface area contributed by atoms with Crippen LogP contribution < -0.4 is 10.6 Å². The number of amides is 4. The van der Waals surface area contributed by atoms with Gasteiger partial charge in [0.25, 0.3) is 0 Å². The van der Waals surface area contributed by atoms with Gasteiger partial charge < -0.3 is 20.1 Å². The number of methoxy groups -OCH3 is 2. The molecule has 2 heterocycles. The Bertz CT molecular complexity index is 1420. The highest BCUT2D eigenvalue weighted by Crippen LogP contribution is 2.38. The summed E-state index contributed by atoms with van der Waals surface area (Å²) in [7, 11) is 2.50. The molecule has 2 fully saturated rings. The molecule has 2 aromatic carbocycles. The van der Waals surface area contributed by atoms with Gasteiger partial charge in [0.2, 0.25) is 0 Å². The van der Waals surface area contributed by atoms with E-state index < -0.39 is 35.7 Å². The number of halogens is 4. The number of nitrogens with one attached hydrogen (secondary N) is 2. The predicted molar refractivity (Wildman–Crippen MR) is 158 cm³/mol. The molecule has 2 atom stereocenters. The zero-order chi connectivity index (χ0) is 30.7. The SMILES string of the molecule is COCC1=C(C(=O)OC)[C@H](c2ccc(F)c(F)c2)N(C(=O)N[C@@H]2CCN(C3CCC(c4ccccc4F)CC3)C2)C(=O)N1.Cl. The maximum Gasteiger partial charge on any atom is 0.338 e. The third kappa shape index (κ3) is 6.87. The van der Waals surface area contributed by atoms with E-state index in [9.17, 15) is 27.6 Å². The first-order valence-electron chi connectivity index (χ1n) is 14.4. The van der Waals surface area contributed by atoms with Crippen LogP contribution >= 0.6 is 12.4 Å². The van der Waals surface area contributed by atoms with Gasteiger partial charge in [-0.3, -0.25) is 4.90 Å². The predicted octanol–water partition coefficient (Wildman–Crippen LogP) is 5.18. The monoisotopic (exact) mass is 636 g/mol. The number of esters is 1.